The van der Waals surface area contributed by atoms with Gasteiger partial charge in [0.05, 0.1) is 13.7 Å². The minimum Gasteiger partial charge on any atom is -0.497 e. The molecule has 0 aliphatic heterocycles. The van der Waals surface area contributed by atoms with Crippen molar-refractivity contribution in [1.29, 1.82) is 0 Å². The van der Waals surface area contributed by atoms with Crippen molar-refractivity contribution in [2.24, 2.45) is 0 Å². The molecule has 0 heterocycles. The molecule has 0 saturated carbocycles. The summed E-state index contributed by atoms with van der Waals surface area (Å²) in [4.78, 5) is 11.8. The molecule has 5 nitrogen and oxygen atoms in total. The number of nitrogens with one attached hydrogen (secondary N) is 1. The van der Waals surface area contributed by atoms with Crippen LogP contribution >= 0.6 is 0 Å². The van der Waals surface area contributed by atoms with Gasteiger partial charge in [-0.15, -0.1) is 0 Å². The fourth-order valence-corrected chi connectivity index (χ4v) is 1.35. The maximum Gasteiger partial charge on any atom is 0.251 e. The van der Waals surface area contributed by atoms with Crippen molar-refractivity contribution in [3.8, 4) is 5.75 Å². The molecule has 0 aliphatic rings. The number of nitrogens with two attached hydrogens (primary N) is 1. The fourth-order valence-electron chi connectivity index (χ4n) is 1.35. The van der Waals surface area contributed by atoms with Gasteiger partial charge in [0, 0.05) is 30.5 Å². The lowest BCUT2D eigenvalue weighted by atomic mass is 10.2. The molecule has 0 aliphatic carbocycles. The first kappa shape index (κ1) is 13.3. The van der Waals surface area contributed by atoms with Crippen LogP contribution in [0.4, 0.5) is 5.69 Å². The van der Waals surface area contributed by atoms with Gasteiger partial charge in [-0.25, -0.2) is 0 Å². The Morgan fingerprint density at radius 3 is 2.82 bits per heavy atom. The molecule has 0 radical (unpaired) electrons. The van der Waals surface area contributed by atoms with Gasteiger partial charge < -0.3 is 20.5 Å². The molecule has 0 fully saturated rings. The van der Waals surface area contributed by atoms with Crippen molar-refractivity contribution in [2.75, 3.05) is 32.6 Å². The molecule has 94 valence electrons. The Labute approximate surface area is 101 Å². The predicted molar refractivity (Wildman–Crippen MR) is 66.2 cm³/mol. The van der Waals surface area contributed by atoms with E-state index in [1.807, 2.05) is 6.92 Å². The number of rotatable bonds is 6. The van der Waals surface area contributed by atoms with Crippen LogP contribution in [0.15, 0.2) is 18.2 Å². The highest BCUT2D eigenvalue weighted by atomic mass is 16.5. The Bertz CT molecular complexity index is 380. The third-order valence-electron chi connectivity index (χ3n) is 2.16. The number of methoxy groups -OCH3 is 1. The molecule has 1 aromatic carbocycles. The highest BCUT2D eigenvalue weighted by Crippen LogP contribution is 2.18. The molecule has 0 atom stereocenters. The maximum atomic E-state index is 11.8. The highest BCUT2D eigenvalue weighted by molar-refractivity contribution is 5.95. The van der Waals surface area contributed by atoms with E-state index in [1.165, 1.54) is 7.11 Å². The van der Waals surface area contributed by atoms with E-state index >= 15 is 0 Å². The number of ether oxygens (including phenoxy) is 2. The van der Waals surface area contributed by atoms with E-state index < -0.39 is 0 Å². The lowest BCUT2D eigenvalue weighted by Crippen LogP contribution is -2.27. The molecular weight excluding hydrogens is 220 g/mol. The second-order valence-electron chi connectivity index (χ2n) is 3.45. The van der Waals surface area contributed by atoms with Gasteiger partial charge in [-0.2, -0.15) is 0 Å². The topological polar surface area (TPSA) is 73.6 Å². The molecule has 0 spiro atoms. The van der Waals surface area contributed by atoms with E-state index in [9.17, 15) is 4.79 Å². The standard InChI is InChI=1S/C12H18N2O3/c1-3-17-5-4-14-12(15)9-6-10(13)8-11(7-9)16-2/h6-8H,3-5,13H2,1-2H3,(H,14,15). The molecule has 0 bridgehead atoms. The first-order valence-corrected chi connectivity index (χ1v) is 5.48. The van der Waals surface area contributed by atoms with Crippen LogP contribution in [0.2, 0.25) is 0 Å². The summed E-state index contributed by atoms with van der Waals surface area (Å²) in [5, 5.41) is 2.74. The number of amides is 1. The first-order chi connectivity index (χ1) is 8.17. The molecule has 1 aromatic rings. The summed E-state index contributed by atoms with van der Waals surface area (Å²) in [6.07, 6.45) is 0. The van der Waals surface area contributed by atoms with E-state index in [2.05, 4.69) is 5.32 Å². The summed E-state index contributed by atoms with van der Waals surface area (Å²) in [7, 11) is 1.53. The monoisotopic (exact) mass is 238 g/mol. The van der Waals surface area contributed by atoms with Gasteiger partial charge >= 0.3 is 0 Å². The van der Waals surface area contributed by atoms with Crippen LogP contribution in [-0.4, -0.2) is 32.8 Å². The molecule has 0 unspecified atom stereocenters. The van der Waals surface area contributed by atoms with Crippen LogP contribution < -0.4 is 15.8 Å². The molecule has 0 saturated heterocycles. The third kappa shape index (κ3) is 4.32. The van der Waals surface area contributed by atoms with Crippen molar-refractivity contribution >= 4 is 11.6 Å². The number of hydrogen-bond donors (Lipinski definition) is 2. The van der Waals surface area contributed by atoms with Crippen LogP contribution in [-0.2, 0) is 4.74 Å². The third-order valence-corrected chi connectivity index (χ3v) is 2.16. The van der Waals surface area contributed by atoms with Gasteiger partial charge in [-0.3, -0.25) is 4.79 Å². The average molecular weight is 238 g/mol. The number of hydrogen-bond acceptors (Lipinski definition) is 4. The van der Waals surface area contributed by atoms with E-state index in [0.29, 0.717) is 36.8 Å². The smallest absolute Gasteiger partial charge is 0.251 e. The quantitative estimate of drug-likeness (QED) is 0.573. The SMILES string of the molecule is CCOCCNC(=O)c1cc(N)cc(OC)c1. The minimum absolute atomic E-state index is 0.185. The van der Waals surface area contributed by atoms with Crippen LogP contribution in [0.5, 0.6) is 5.75 Å². The fraction of sp³-hybridized carbons (Fsp3) is 0.417. The van der Waals surface area contributed by atoms with Gasteiger partial charge in [0.25, 0.3) is 5.91 Å². The van der Waals surface area contributed by atoms with Gasteiger partial charge in [0.2, 0.25) is 0 Å². The Morgan fingerprint density at radius 2 is 2.18 bits per heavy atom. The van der Waals surface area contributed by atoms with E-state index in [4.69, 9.17) is 15.2 Å². The molecule has 5 heteroatoms. The van der Waals surface area contributed by atoms with Gasteiger partial charge in [0.15, 0.2) is 0 Å². The predicted octanol–water partition coefficient (Wildman–Crippen LogP) is 1.04. The molecule has 1 rings (SSSR count). The summed E-state index contributed by atoms with van der Waals surface area (Å²) < 4.78 is 10.2. The van der Waals surface area contributed by atoms with Crippen molar-refractivity contribution in [2.45, 2.75) is 6.92 Å². The number of benzene rings is 1. The summed E-state index contributed by atoms with van der Waals surface area (Å²) in [5.74, 6) is 0.385. The van der Waals surface area contributed by atoms with Crippen molar-refractivity contribution in [3.63, 3.8) is 0 Å². The zero-order valence-electron chi connectivity index (χ0n) is 10.2. The molecular formula is C12H18N2O3. The van der Waals surface area contributed by atoms with Crippen LogP contribution in [0, 0.1) is 0 Å². The van der Waals surface area contributed by atoms with Gasteiger partial charge in [-0.1, -0.05) is 0 Å². The number of anilines is 1. The van der Waals surface area contributed by atoms with Crippen molar-refractivity contribution < 1.29 is 14.3 Å². The molecule has 3 N–H and O–H groups in total. The highest BCUT2D eigenvalue weighted by Gasteiger charge is 2.07. The number of nitrogen functional groups attached to an aromatic ring is 1. The van der Waals surface area contributed by atoms with Crippen LogP contribution in [0.3, 0.4) is 0 Å². The Balaban J connectivity index is 2.59. The molecule has 17 heavy (non-hydrogen) atoms. The number of carbonyl (C=O) groups is 1. The first-order valence-electron chi connectivity index (χ1n) is 5.48. The second kappa shape index (κ2) is 6.75. The van der Waals surface area contributed by atoms with Gasteiger partial charge in [0.1, 0.15) is 5.75 Å². The normalized spacial score (nSPS) is 10.0. The Hall–Kier alpha value is -1.75. The maximum absolute atomic E-state index is 11.8. The summed E-state index contributed by atoms with van der Waals surface area (Å²) >= 11 is 0. The molecule has 1 amide bonds. The zero-order valence-corrected chi connectivity index (χ0v) is 10.2. The largest absolute Gasteiger partial charge is 0.497 e. The van der Waals surface area contributed by atoms with E-state index in [0.717, 1.165) is 0 Å². The van der Waals surface area contributed by atoms with E-state index in [-0.39, 0.29) is 5.91 Å². The Kier molecular flexibility index (Phi) is 5.29. The summed E-state index contributed by atoms with van der Waals surface area (Å²) in [6.45, 7) is 3.53. The second-order valence-corrected chi connectivity index (χ2v) is 3.45. The van der Waals surface area contributed by atoms with E-state index in [1.54, 1.807) is 18.2 Å². The van der Waals surface area contributed by atoms with Crippen molar-refractivity contribution in [1.82, 2.24) is 5.32 Å². The minimum atomic E-state index is -0.185. The Morgan fingerprint density at radius 1 is 1.41 bits per heavy atom. The summed E-state index contributed by atoms with van der Waals surface area (Å²) in [6, 6.07) is 4.92. The zero-order chi connectivity index (χ0) is 12.7. The average Bonchev–Trinajstić information content (AvgIpc) is 2.33. The lowest BCUT2D eigenvalue weighted by Gasteiger charge is -2.08. The van der Waals surface area contributed by atoms with Gasteiger partial charge in [-0.05, 0) is 19.1 Å². The lowest BCUT2D eigenvalue weighted by molar-refractivity contribution is 0.0922. The molecule has 0 aromatic heterocycles. The van der Waals surface area contributed by atoms with Crippen molar-refractivity contribution in [3.05, 3.63) is 23.8 Å². The van der Waals surface area contributed by atoms with Crippen LogP contribution in [0.1, 0.15) is 17.3 Å². The summed E-state index contributed by atoms with van der Waals surface area (Å²) in [5.41, 5.74) is 6.65. The van der Waals surface area contributed by atoms with Crippen LogP contribution in [0.25, 0.3) is 0 Å². The number of carbonyl (C=O) groups excluding carboxylic acids is 1.